The molecule has 0 fully saturated rings. The van der Waals surface area contributed by atoms with Crippen molar-refractivity contribution in [3.05, 3.63) is 58.5 Å². The van der Waals surface area contributed by atoms with Gasteiger partial charge in [0.1, 0.15) is 18.1 Å². The van der Waals surface area contributed by atoms with E-state index in [9.17, 15) is 0 Å². The maximum atomic E-state index is 5.63. The fourth-order valence-corrected chi connectivity index (χ4v) is 4.32. The minimum absolute atomic E-state index is 0.619. The number of aromatic nitrogens is 1. The summed E-state index contributed by atoms with van der Waals surface area (Å²) in [4.78, 5) is 8.94. The first-order chi connectivity index (χ1) is 13.2. The van der Waals surface area contributed by atoms with Crippen molar-refractivity contribution < 1.29 is 9.57 Å². The van der Waals surface area contributed by atoms with E-state index in [1.165, 1.54) is 16.8 Å². The number of hydrogen-bond donors (Lipinski definition) is 0. The van der Waals surface area contributed by atoms with Gasteiger partial charge < -0.3 is 19.0 Å². The van der Waals surface area contributed by atoms with Crippen molar-refractivity contribution in [3.63, 3.8) is 0 Å². The number of ether oxygens (including phenoxy) is 1. The Balaban J connectivity index is 1.63. The van der Waals surface area contributed by atoms with Gasteiger partial charge in [0.2, 0.25) is 0 Å². The van der Waals surface area contributed by atoms with Crippen LogP contribution < -0.4 is 4.74 Å². The Labute approximate surface area is 163 Å². The second-order valence-electron chi connectivity index (χ2n) is 6.75. The molecule has 0 radical (unpaired) electrons. The lowest BCUT2D eigenvalue weighted by Gasteiger charge is -2.07. The smallest absolute Gasteiger partial charge is 0.146 e. The van der Waals surface area contributed by atoms with Crippen LogP contribution >= 0.6 is 11.3 Å². The average molecular weight is 382 g/mol. The molecule has 5 nitrogen and oxygen atoms in total. The lowest BCUT2D eigenvalue weighted by molar-refractivity contribution is 0.135. The van der Waals surface area contributed by atoms with Crippen LogP contribution in [-0.4, -0.2) is 49.5 Å². The van der Waals surface area contributed by atoms with E-state index in [4.69, 9.17) is 9.57 Å². The first kappa shape index (κ1) is 17.8. The zero-order chi connectivity index (χ0) is 18.8. The summed E-state index contributed by atoms with van der Waals surface area (Å²) >= 11 is 1.71. The van der Waals surface area contributed by atoms with Crippen molar-refractivity contribution in [2.75, 3.05) is 34.4 Å². The maximum absolute atomic E-state index is 5.63. The van der Waals surface area contributed by atoms with Crippen molar-refractivity contribution >= 4 is 17.0 Å². The number of nitrogens with zero attached hydrogens (tertiary/aromatic N) is 3. The van der Waals surface area contributed by atoms with E-state index in [0.717, 1.165) is 35.0 Å². The molecular weight excluding hydrogens is 358 g/mol. The largest absolute Gasteiger partial charge is 0.497 e. The standard InChI is InChI=1S/C21H23N3O2S/c1-23(2)11-5-13-26-22-19-18-6-4-12-24(18)20-17(14-27-21(19)20)15-7-9-16(25-3)10-8-15/h4,6-10,12,14H,5,11,13H2,1-3H3/b22-19-. The molecule has 2 aromatic heterocycles. The molecule has 6 heteroatoms. The van der Waals surface area contributed by atoms with E-state index in [1.807, 2.05) is 12.1 Å². The van der Waals surface area contributed by atoms with Gasteiger partial charge in [0.15, 0.2) is 0 Å². The van der Waals surface area contributed by atoms with Crippen molar-refractivity contribution in [3.8, 4) is 22.6 Å². The topological polar surface area (TPSA) is 39.0 Å². The molecule has 140 valence electrons. The number of methoxy groups -OCH3 is 1. The molecule has 1 aromatic carbocycles. The Bertz CT molecular complexity index is 954. The van der Waals surface area contributed by atoms with Crippen LogP contribution in [-0.2, 0) is 4.84 Å². The Morgan fingerprint density at radius 1 is 1.15 bits per heavy atom. The molecule has 0 aliphatic carbocycles. The van der Waals surface area contributed by atoms with E-state index in [2.05, 4.69) is 64.6 Å². The highest BCUT2D eigenvalue weighted by molar-refractivity contribution is 7.13. The predicted molar refractivity (Wildman–Crippen MR) is 110 cm³/mol. The van der Waals surface area contributed by atoms with Crippen molar-refractivity contribution in [1.82, 2.24) is 9.47 Å². The summed E-state index contributed by atoms with van der Waals surface area (Å²) in [7, 11) is 5.81. The molecule has 0 unspecified atom stereocenters. The molecule has 27 heavy (non-hydrogen) atoms. The van der Waals surface area contributed by atoms with E-state index >= 15 is 0 Å². The number of fused-ring (bicyclic) bond motifs is 3. The fourth-order valence-electron chi connectivity index (χ4n) is 3.26. The molecular formula is C21H23N3O2S. The Morgan fingerprint density at radius 2 is 1.96 bits per heavy atom. The van der Waals surface area contributed by atoms with Crippen LogP contribution in [0.1, 0.15) is 17.0 Å². The number of rotatable bonds is 7. The monoisotopic (exact) mass is 381 g/mol. The van der Waals surface area contributed by atoms with Crippen molar-refractivity contribution in [2.45, 2.75) is 6.42 Å². The summed E-state index contributed by atoms with van der Waals surface area (Å²) in [6.07, 6.45) is 3.04. The predicted octanol–water partition coefficient (Wildman–Crippen LogP) is 4.25. The lowest BCUT2D eigenvalue weighted by Crippen LogP contribution is -2.14. The number of oxime groups is 1. The summed E-state index contributed by atoms with van der Waals surface area (Å²) in [5.74, 6) is 0.862. The molecule has 0 saturated heterocycles. The summed E-state index contributed by atoms with van der Waals surface area (Å²) < 4.78 is 7.48. The highest BCUT2D eigenvalue weighted by Gasteiger charge is 2.30. The molecule has 0 saturated carbocycles. The third-order valence-corrected chi connectivity index (χ3v) is 5.59. The number of hydrogen-bond acceptors (Lipinski definition) is 5. The van der Waals surface area contributed by atoms with E-state index in [1.54, 1.807) is 18.4 Å². The molecule has 1 aliphatic rings. The van der Waals surface area contributed by atoms with Gasteiger partial charge in [0.25, 0.3) is 0 Å². The van der Waals surface area contributed by atoms with E-state index in [0.29, 0.717) is 6.61 Å². The van der Waals surface area contributed by atoms with E-state index < -0.39 is 0 Å². The first-order valence-corrected chi connectivity index (χ1v) is 9.86. The van der Waals surface area contributed by atoms with Crippen molar-refractivity contribution in [2.24, 2.45) is 5.16 Å². The molecule has 0 amide bonds. The third kappa shape index (κ3) is 3.38. The van der Waals surface area contributed by atoms with Gasteiger partial charge in [0, 0.05) is 23.7 Å². The van der Waals surface area contributed by atoms with Gasteiger partial charge >= 0.3 is 0 Å². The highest BCUT2D eigenvalue weighted by Crippen LogP contribution is 2.41. The van der Waals surface area contributed by atoms with Crippen LogP contribution in [0.4, 0.5) is 0 Å². The molecule has 0 spiro atoms. The Hall–Kier alpha value is -2.57. The van der Waals surface area contributed by atoms with Crippen LogP contribution in [0.15, 0.2) is 53.1 Å². The zero-order valence-electron chi connectivity index (χ0n) is 15.8. The van der Waals surface area contributed by atoms with Crippen LogP contribution in [0.5, 0.6) is 5.75 Å². The number of benzene rings is 1. The molecule has 1 aliphatic heterocycles. The molecule has 0 N–H and O–H groups in total. The summed E-state index contributed by atoms with van der Waals surface area (Å²) in [5.41, 5.74) is 5.55. The second-order valence-corrected chi connectivity index (χ2v) is 7.63. The van der Waals surface area contributed by atoms with Gasteiger partial charge in [-0.2, -0.15) is 0 Å². The van der Waals surface area contributed by atoms with Gasteiger partial charge in [0.05, 0.1) is 23.4 Å². The second kappa shape index (κ2) is 7.58. The zero-order valence-corrected chi connectivity index (χ0v) is 16.6. The quantitative estimate of drug-likeness (QED) is 0.355. The summed E-state index contributed by atoms with van der Waals surface area (Å²) in [5, 5.41) is 6.67. The third-order valence-electron chi connectivity index (χ3n) is 4.61. The van der Waals surface area contributed by atoms with Gasteiger partial charge in [-0.25, -0.2) is 0 Å². The minimum Gasteiger partial charge on any atom is -0.497 e. The average Bonchev–Trinajstić information content (AvgIpc) is 3.35. The molecule has 0 atom stereocenters. The SMILES string of the molecule is COc1ccc(-c2csc3c2-n2cccc2/C3=N/OCCCN(C)C)cc1. The normalized spacial score (nSPS) is 13.9. The molecule has 0 bridgehead atoms. The maximum Gasteiger partial charge on any atom is 0.146 e. The molecule has 4 rings (SSSR count). The van der Waals surface area contributed by atoms with Crippen LogP contribution in [0.3, 0.4) is 0 Å². The van der Waals surface area contributed by atoms with Crippen LogP contribution in [0.2, 0.25) is 0 Å². The van der Waals surface area contributed by atoms with Gasteiger partial charge in [-0.05, 0) is 50.3 Å². The van der Waals surface area contributed by atoms with Crippen molar-refractivity contribution in [1.29, 1.82) is 0 Å². The Kier molecular flexibility index (Phi) is 5.01. The van der Waals surface area contributed by atoms with Crippen LogP contribution in [0, 0.1) is 0 Å². The highest BCUT2D eigenvalue weighted by atomic mass is 32.1. The summed E-state index contributed by atoms with van der Waals surface area (Å²) in [6.45, 7) is 1.61. The summed E-state index contributed by atoms with van der Waals surface area (Å²) in [6, 6.07) is 12.3. The van der Waals surface area contributed by atoms with Gasteiger partial charge in [-0.15, -0.1) is 11.3 Å². The van der Waals surface area contributed by atoms with Gasteiger partial charge in [-0.1, -0.05) is 17.3 Å². The van der Waals surface area contributed by atoms with Crippen LogP contribution in [0.25, 0.3) is 16.8 Å². The van der Waals surface area contributed by atoms with E-state index in [-0.39, 0.29) is 0 Å². The number of thiophene rings is 1. The first-order valence-electron chi connectivity index (χ1n) is 8.98. The molecule has 3 heterocycles. The molecule has 3 aromatic rings. The van der Waals surface area contributed by atoms with Gasteiger partial charge in [-0.3, -0.25) is 0 Å². The Morgan fingerprint density at radius 3 is 2.70 bits per heavy atom. The minimum atomic E-state index is 0.619. The lowest BCUT2D eigenvalue weighted by atomic mass is 10.1. The fraction of sp³-hybridized carbons (Fsp3) is 0.286.